The highest BCUT2D eigenvalue weighted by molar-refractivity contribution is 5.96. The Balaban J connectivity index is 1.26. The predicted octanol–water partition coefficient (Wildman–Crippen LogP) is 3.06. The van der Waals surface area contributed by atoms with E-state index in [1.807, 2.05) is 6.07 Å². The van der Waals surface area contributed by atoms with Gasteiger partial charge in [-0.05, 0) is 74.2 Å². The lowest BCUT2D eigenvalue weighted by molar-refractivity contribution is -0.175. The maximum atomic E-state index is 13.1. The highest BCUT2D eigenvalue weighted by Crippen LogP contribution is 2.66. The molecule has 5 aliphatic carbocycles. The van der Waals surface area contributed by atoms with Gasteiger partial charge in [0.2, 0.25) is 0 Å². The van der Waals surface area contributed by atoms with Crippen molar-refractivity contribution >= 4 is 17.9 Å². The van der Waals surface area contributed by atoms with Gasteiger partial charge in [0, 0.05) is 6.04 Å². The molecular formula is C23H28N2O4. The van der Waals surface area contributed by atoms with Gasteiger partial charge in [0.15, 0.2) is 6.61 Å². The summed E-state index contributed by atoms with van der Waals surface area (Å²) in [6.45, 7) is -0.396. The van der Waals surface area contributed by atoms with Crippen molar-refractivity contribution in [3.8, 4) is 0 Å². The fraction of sp³-hybridized carbons (Fsp3) is 0.609. The lowest BCUT2D eigenvalue weighted by atomic mass is 9.43. The molecule has 0 aromatic heterocycles. The molecule has 0 heterocycles. The summed E-state index contributed by atoms with van der Waals surface area (Å²) in [7, 11) is 0. The number of amides is 3. The second-order valence-corrected chi connectivity index (χ2v) is 9.76. The van der Waals surface area contributed by atoms with E-state index >= 15 is 0 Å². The lowest BCUT2D eigenvalue weighted by Gasteiger charge is -2.61. The summed E-state index contributed by atoms with van der Waals surface area (Å²) in [6.07, 6.45) is 7.91. The molecule has 1 aromatic rings. The number of imide groups is 1. The third-order valence-corrected chi connectivity index (χ3v) is 7.38. The van der Waals surface area contributed by atoms with E-state index < -0.39 is 24.0 Å². The Hall–Kier alpha value is -2.37. The van der Waals surface area contributed by atoms with Crippen LogP contribution in [-0.2, 0) is 19.7 Å². The Morgan fingerprint density at radius 2 is 1.69 bits per heavy atom. The smallest absolute Gasteiger partial charge is 0.321 e. The number of rotatable bonds is 5. The van der Waals surface area contributed by atoms with Crippen molar-refractivity contribution in [1.29, 1.82) is 0 Å². The minimum atomic E-state index is -0.570. The van der Waals surface area contributed by atoms with Crippen LogP contribution in [0.4, 0.5) is 4.79 Å². The van der Waals surface area contributed by atoms with E-state index in [1.54, 1.807) is 0 Å². The monoisotopic (exact) mass is 396 g/mol. The number of benzene rings is 1. The molecule has 0 saturated heterocycles. The molecule has 0 spiro atoms. The summed E-state index contributed by atoms with van der Waals surface area (Å²) < 4.78 is 5.46. The van der Waals surface area contributed by atoms with Crippen molar-refractivity contribution < 1.29 is 19.1 Å². The van der Waals surface area contributed by atoms with Crippen LogP contribution in [-0.4, -0.2) is 30.6 Å². The first-order valence-corrected chi connectivity index (χ1v) is 10.8. The van der Waals surface area contributed by atoms with Crippen LogP contribution in [0.5, 0.6) is 0 Å². The summed E-state index contributed by atoms with van der Waals surface area (Å²) in [5.41, 5.74) is 0.897. The number of carbonyl (C=O) groups excluding carboxylic acids is 3. The fourth-order valence-corrected chi connectivity index (χ4v) is 6.53. The molecule has 6 nitrogen and oxygen atoms in total. The number of carbonyl (C=O) groups is 3. The zero-order valence-electron chi connectivity index (χ0n) is 16.6. The number of urea groups is 1. The SMILES string of the molecule is O=C(COC(=O)C12C[C@H]3C[C@@H](C1)CC(c1ccccc1)(C3)C2)NC(=O)NC1CC1. The third kappa shape index (κ3) is 3.53. The molecule has 5 fully saturated rings. The van der Waals surface area contributed by atoms with Gasteiger partial charge in [-0.1, -0.05) is 30.3 Å². The van der Waals surface area contributed by atoms with Gasteiger partial charge in [-0.3, -0.25) is 14.9 Å². The van der Waals surface area contributed by atoms with Gasteiger partial charge in [0.1, 0.15) is 0 Å². The second kappa shape index (κ2) is 6.85. The van der Waals surface area contributed by atoms with Crippen LogP contribution >= 0.6 is 0 Å². The van der Waals surface area contributed by atoms with Crippen LogP contribution in [0.1, 0.15) is 56.9 Å². The number of esters is 1. The Bertz CT molecular complexity index is 819. The zero-order chi connectivity index (χ0) is 20.1. The molecule has 4 atom stereocenters. The van der Waals surface area contributed by atoms with E-state index in [0.29, 0.717) is 11.8 Å². The number of ether oxygens (including phenoxy) is 1. The first-order valence-electron chi connectivity index (χ1n) is 10.8. The first kappa shape index (κ1) is 18.6. The van der Waals surface area contributed by atoms with Crippen LogP contribution < -0.4 is 10.6 Å². The topological polar surface area (TPSA) is 84.5 Å². The predicted molar refractivity (Wildman–Crippen MR) is 106 cm³/mol. The number of hydrogen-bond acceptors (Lipinski definition) is 4. The van der Waals surface area contributed by atoms with Crippen molar-refractivity contribution in [3.05, 3.63) is 35.9 Å². The van der Waals surface area contributed by atoms with Crippen molar-refractivity contribution in [2.45, 2.75) is 62.8 Å². The molecule has 5 aliphatic rings. The summed E-state index contributed by atoms with van der Waals surface area (Å²) in [5.74, 6) is 0.257. The van der Waals surface area contributed by atoms with E-state index in [2.05, 4.69) is 34.9 Å². The molecule has 4 bridgehead atoms. The summed E-state index contributed by atoms with van der Waals surface area (Å²) in [5, 5.41) is 4.94. The molecule has 154 valence electrons. The van der Waals surface area contributed by atoms with Crippen LogP contribution in [0.25, 0.3) is 0 Å². The molecule has 29 heavy (non-hydrogen) atoms. The van der Waals surface area contributed by atoms with Gasteiger partial charge in [0.25, 0.3) is 5.91 Å². The molecule has 5 saturated carbocycles. The molecule has 0 radical (unpaired) electrons. The summed E-state index contributed by atoms with van der Waals surface area (Å²) >= 11 is 0. The van der Waals surface area contributed by atoms with Gasteiger partial charge in [-0.25, -0.2) is 4.79 Å². The Morgan fingerprint density at radius 3 is 2.34 bits per heavy atom. The van der Waals surface area contributed by atoms with E-state index in [0.717, 1.165) is 44.9 Å². The molecule has 1 aromatic carbocycles. The lowest BCUT2D eigenvalue weighted by Crippen LogP contribution is -2.57. The van der Waals surface area contributed by atoms with E-state index in [-0.39, 0.29) is 17.4 Å². The van der Waals surface area contributed by atoms with Crippen LogP contribution in [0.15, 0.2) is 30.3 Å². The maximum Gasteiger partial charge on any atom is 0.321 e. The summed E-state index contributed by atoms with van der Waals surface area (Å²) in [4.78, 5) is 36.9. The molecule has 2 unspecified atom stereocenters. The zero-order valence-corrected chi connectivity index (χ0v) is 16.6. The Labute approximate surface area is 170 Å². The van der Waals surface area contributed by atoms with Crippen LogP contribution in [0.3, 0.4) is 0 Å². The molecule has 6 rings (SSSR count). The first-order chi connectivity index (χ1) is 14.0. The molecule has 2 N–H and O–H groups in total. The van der Waals surface area contributed by atoms with Crippen molar-refractivity contribution in [1.82, 2.24) is 10.6 Å². The highest BCUT2D eigenvalue weighted by Gasteiger charge is 2.61. The van der Waals surface area contributed by atoms with E-state index in [9.17, 15) is 14.4 Å². The highest BCUT2D eigenvalue weighted by atomic mass is 16.5. The Morgan fingerprint density at radius 1 is 1.00 bits per heavy atom. The standard InChI is InChI=1S/C23H28N2O4/c26-19(25-21(28)24-18-6-7-18)13-29-20(27)23-11-15-8-16(12-23)10-22(9-15,14-23)17-4-2-1-3-5-17/h1-5,15-16,18H,6-14H2,(H2,24,25,26,28)/t15-,16+,22?,23?. The Kier molecular flexibility index (Phi) is 4.41. The van der Waals surface area contributed by atoms with Gasteiger partial charge < -0.3 is 10.1 Å². The minimum absolute atomic E-state index is 0.0524. The number of hydrogen-bond donors (Lipinski definition) is 2. The van der Waals surface area contributed by atoms with Crippen LogP contribution in [0, 0.1) is 17.3 Å². The molecule has 0 aliphatic heterocycles. The quantitative estimate of drug-likeness (QED) is 0.749. The molecule has 6 heteroatoms. The fourth-order valence-electron chi connectivity index (χ4n) is 6.53. The van der Waals surface area contributed by atoms with Crippen molar-refractivity contribution in [2.24, 2.45) is 17.3 Å². The average Bonchev–Trinajstić information content (AvgIpc) is 3.49. The van der Waals surface area contributed by atoms with Crippen molar-refractivity contribution in [3.63, 3.8) is 0 Å². The van der Waals surface area contributed by atoms with Gasteiger partial charge >= 0.3 is 12.0 Å². The number of nitrogens with one attached hydrogen (secondary N) is 2. The van der Waals surface area contributed by atoms with Crippen LogP contribution in [0.2, 0.25) is 0 Å². The van der Waals surface area contributed by atoms with Gasteiger partial charge in [0.05, 0.1) is 5.41 Å². The summed E-state index contributed by atoms with van der Waals surface area (Å²) in [6, 6.07) is 10.2. The molecular weight excluding hydrogens is 368 g/mol. The second-order valence-electron chi connectivity index (χ2n) is 9.76. The normalized spacial score (nSPS) is 34.5. The molecule has 3 amide bonds. The van der Waals surface area contributed by atoms with E-state index in [1.165, 1.54) is 12.0 Å². The average molecular weight is 396 g/mol. The maximum absolute atomic E-state index is 13.1. The van der Waals surface area contributed by atoms with E-state index in [4.69, 9.17) is 4.74 Å². The minimum Gasteiger partial charge on any atom is -0.455 e. The largest absolute Gasteiger partial charge is 0.455 e. The van der Waals surface area contributed by atoms with Gasteiger partial charge in [-0.15, -0.1) is 0 Å². The third-order valence-electron chi connectivity index (χ3n) is 7.38. The van der Waals surface area contributed by atoms with Gasteiger partial charge in [-0.2, -0.15) is 0 Å². The van der Waals surface area contributed by atoms with Crippen molar-refractivity contribution in [2.75, 3.05) is 6.61 Å².